The molecule has 8 heteroatoms. The number of hydrogen-bond acceptors (Lipinski definition) is 7. The van der Waals surface area contributed by atoms with Gasteiger partial charge in [0.1, 0.15) is 18.0 Å². The number of carbonyl (C=O) groups is 1. The molecule has 0 spiro atoms. The fraction of sp³-hybridized carbons (Fsp3) is 0.250. The highest BCUT2D eigenvalue weighted by molar-refractivity contribution is 5.71. The summed E-state index contributed by atoms with van der Waals surface area (Å²) < 4.78 is 16.4. The van der Waals surface area contributed by atoms with E-state index in [4.69, 9.17) is 14.0 Å². The SMILES string of the molecule is Cc1ccc2nc(COC(=O)COc3cc(C)on3)cc(=O)n2c1. The zero-order valence-electron chi connectivity index (χ0n) is 13.2. The van der Waals surface area contributed by atoms with Crippen molar-refractivity contribution in [2.24, 2.45) is 0 Å². The Morgan fingerprint density at radius 1 is 1.29 bits per heavy atom. The smallest absolute Gasteiger partial charge is 0.344 e. The van der Waals surface area contributed by atoms with Crippen molar-refractivity contribution in [3.63, 3.8) is 0 Å². The van der Waals surface area contributed by atoms with E-state index in [9.17, 15) is 9.59 Å². The van der Waals surface area contributed by atoms with Gasteiger partial charge in [-0.05, 0) is 30.6 Å². The minimum atomic E-state index is -0.596. The molecule has 3 heterocycles. The van der Waals surface area contributed by atoms with Gasteiger partial charge in [-0.25, -0.2) is 9.78 Å². The Kier molecular flexibility index (Phi) is 4.28. The fourth-order valence-electron chi connectivity index (χ4n) is 2.07. The largest absolute Gasteiger partial charge is 0.463 e. The molecule has 3 aromatic heterocycles. The van der Waals surface area contributed by atoms with Crippen LogP contribution in [0.3, 0.4) is 0 Å². The monoisotopic (exact) mass is 329 g/mol. The van der Waals surface area contributed by atoms with E-state index in [2.05, 4.69) is 10.1 Å². The van der Waals surface area contributed by atoms with Gasteiger partial charge in [0.15, 0.2) is 6.61 Å². The molecule has 0 aliphatic heterocycles. The summed E-state index contributed by atoms with van der Waals surface area (Å²) in [6, 6.07) is 6.48. The van der Waals surface area contributed by atoms with Gasteiger partial charge in [-0.3, -0.25) is 9.20 Å². The first kappa shape index (κ1) is 15.7. The van der Waals surface area contributed by atoms with E-state index in [1.165, 1.54) is 10.5 Å². The molecule has 3 aromatic rings. The number of carbonyl (C=O) groups excluding carboxylic acids is 1. The van der Waals surface area contributed by atoms with E-state index in [1.807, 2.05) is 13.0 Å². The van der Waals surface area contributed by atoms with Gasteiger partial charge in [-0.15, -0.1) is 0 Å². The van der Waals surface area contributed by atoms with Gasteiger partial charge >= 0.3 is 5.97 Å². The van der Waals surface area contributed by atoms with Crippen LogP contribution < -0.4 is 10.3 Å². The van der Waals surface area contributed by atoms with Crippen molar-refractivity contribution in [2.75, 3.05) is 6.61 Å². The molecule has 0 atom stereocenters. The molecule has 0 N–H and O–H groups in total. The average Bonchev–Trinajstić information content (AvgIpc) is 2.97. The second-order valence-corrected chi connectivity index (χ2v) is 5.25. The lowest BCUT2D eigenvalue weighted by Gasteiger charge is -2.06. The summed E-state index contributed by atoms with van der Waals surface area (Å²) in [5.41, 5.74) is 1.58. The molecule has 0 bridgehead atoms. The maximum absolute atomic E-state index is 12.0. The van der Waals surface area contributed by atoms with Crippen molar-refractivity contribution in [3.05, 3.63) is 57.8 Å². The molecular formula is C16H15N3O5. The molecule has 8 nitrogen and oxygen atoms in total. The van der Waals surface area contributed by atoms with Crippen LogP contribution in [-0.4, -0.2) is 27.1 Å². The Labute approximate surface area is 136 Å². The minimum absolute atomic E-state index is 0.111. The van der Waals surface area contributed by atoms with Crippen LogP contribution in [0.1, 0.15) is 17.0 Å². The van der Waals surface area contributed by atoms with Crippen LogP contribution in [0.2, 0.25) is 0 Å². The molecule has 0 amide bonds. The molecule has 0 radical (unpaired) electrons. The molecule has 0 aliphatic rings. The molecule has 24 heavy (non-hydrogen) atoms. The molecule has 0 aromatic carbocycles. The number of aromatic nitrogens is 3. The predicted molar refractivity (Wildman–Crippen MR) is 82.7 cm³/mol. The second-order valence-electron chi connectivity index (χ2n) is 5.25. The Hall–Kier alpha value is -3.16. The van der Waals surface area contributed by atoms with Crippen LogP contribution in [-0.2, 0) is 16.1 Å². The average molecular weight is 329 g/mol. The summed E-state index contributed by atoms with van der Waals surface area (Å²) in [6.07, 6.45) is 1.70. The van der Waals surface area contributed by atoms with Crippen LogP contribution in [0.25, 0.3) is 5.65 Å². The third kappa shape index (κ3) is 3.60. The third-order valence-electron chi connectivity index (χ3n) is 3.19. The molecule has 124 valence electrons. The van der Waals surface area contributed by atoms with Crippen molar-refractivity contribution < 1.29 is 18.8 Å². The Morgan fingerprint density at radius 3 is 2.88 bits per heavy atom. The second kappa shape index (κ2) is 6.53. The first-order valence-electron chi connectivity index (χ1n) is 7.22. The standard InChI is InChI=1S/C16H15N3O5/c1-10-3-4-13-17-12(6-15(20)19(13)7-10)8-23-16(21)9-22-14-5-11(2)24-18-14/h3-7H,8-9H2,1-2H3. The number of esters is 1. The summed E-state index contributed by atoms with van der Waals surface area (Å²) in [7, 11) is 0. The summed E-state index contributed by atoms with van der Waals surface area (Å²) >= 11 is 0. The predicted octanol–water partition coefficient (Wildman–Crippen LogP) is 1.42. The maximum atomic E-state index is 12.0. The van der Waals surface area contributed by atoms with Gasteiger partial charge in [0, 0.05) is 18.3 Å². The van der Waals surface area contributed by atoms with Gasteiger partial charge in [-0.2, -0.15) is 0 Å². The van der Waals surface area contributed by atoms with Crippen LogP contribution in [0.4, 0.5) is 0 Å². The lowest BCUT2D eigenvalue weighted by atomic mass is 10.3. The van der Waals surface area contributed by atoms with Crippen molar-refractivity contribution in [1.29, 1.82) is 0 Å². The van der Waals surface area contributed by atoms with Crippen LogP contribution in [0, 0.1) is 13.8 Å². The zero-order chi connectivity index (χ0) is 17.1. The minimum Gasteiger partial charge on any atom is -0.463 e. The summed E-state index contributed by atoms with van der Waals surface area (Å²) in [5.74, 6) is 0.192. The van der Waals surface area contributed by atoms with Crippen molar-refractivity contribution in [3.8, 4) is 5.88 Å². The van der Waals surface area contributed by atoms with Gasteiger partial charge in [0.25, 0.3) is 11.4 Å². The molecule has 0 saturated carbocycles. The summed E-state index contributed by atoms with van der Waals surface area (Å²) in [4.78, 5) is 28.0. The van der Waals surface area contributed by atoms with Gasteiger partial charge in [-0.1, -0.05) is 6.07 Å². The molecule has 0 fully saturated rings. The molecular weight excluding hydrogens is 314 g/mol. The van der Waals surface area contributed by atoms with E-state index >= 15 is 0 Å². The Bertz CT molecular complexity index is 944. The van der Waals surface area contributed by atoms with Crippen LogP contribution >= 0.6 is 0 Å². The normalized spacial score (nSPS) is 10.8. The van der Waals surface area contributed by atoms with Gasteiger partial charge < -0.3 is 14.0 Å². The first-order chi connectivity index (χ1) is 11.5. The van der Waals surface area contributed by atoms with E-state index in [0.717, 1.165) is 5.56 Å². The first-order valence-corrected chi connectivity index (χ1v) is 7.22. The number of aryl methyl sites for hydroxylation is 2. The quantitative estimate of drug-likeness (QED) is 0.653. The van der Waals surface area contributed by atoms with Crippen LogP contribution in [0.15, 0.2) is 39.8 Å². The third-order valence-corrected chi connectivity index (χ3v) is 3.19. The van der Waals surface area contributed by atoms with E-state index in [1.54, 1.807) is 25.3 Å². The number of hydrogen-bond donors (Lipinski definition) is 0. The number of ether oxygens (including phenoxy) is 2. The van der Waals surface area contributed by atoms with Crippen molar-refractivity contribution in [1.82, 2.24) is 14.5 Å². The molecule has 0 aliphatic carbocycles. The topological polar surface area (TPSA) is 95.9 Å². The lowest BCUT2D eigenvalue weighted by Crippen LogP contribution is -2.18. The van der Waals surface area contributed by atoms with Crippen molar-refractivity contribution in [2.45, 2.75) is 20.5 Å². The number of nitrogens with zero attached hydrogens (tertiary/aromatic N) is 3. The summed E-state index contributed by atoms with van der Waals surface area (Å²) in [6.45, 7) is 3.18. The van der Waals surface area contributed by atoms with Gasteiger partial charge in [0.05, 0.1) is 5.69 Å². The molecule has 0 saturated heterocycles. The van der Waals surface area contributed by atoms with Crippen molar-refractivity contribution >= 4 is 11.6 Å². The number of fused-ring (bicyclic) bond motifs is 1. The molecule has 0 unspecified atom stereocenters. The number of rotatable bonds is 5. The zero-order valence-corrected chi connectivity index (χ0v) is 13.2. The fourth-order valence-corrected chi connectivity index (χ4v) is 2.07. The highest BCUT2D eigenvalue weighted by atomic mass is 16.6. The Balaban J connectivity index is 1.61. The highest BCUT2D eigenvalue weighted by Crippen LogP contribution is 2.09. The Morgan fingerprint density at radius 2 is 2.12 bits per heavy atom. The van der Waals surface area contributed by atoms with E-state index in [0.29, 0.717) is 17.1 Å². The van der Waals surface area contributed by atoms with Gasteiger partial charge in [0.2, 0.25) is 0 Å². The molecule has 3 rings (SSSR count). The maximum Gasteiger partial charge on any atom is 0.344 e. The van der Waals surface area contributed by atoms with Crippen LogP contribution in [0.5, 0.6) is 5.88 Å². The van der Waals surface area contributed by atoms with E-state index in [-0.39, 0.29) is 24.7 Å². The lowest BCUT2D eigenvalue weighted by molar-refractivity contribution is -0.147. The van der Waals surface area contributed by atoms with E-state index < -0.39 is 5.97 Å². The summed E-state index contributed by atoms with van der Waals surface area (Å²) in [5, 5.41) is 3.60. The highest BCUT2D eigenvalue weighted by Gasteiger charge is 2.09. The number of pyridine rings is 1.